The summed E-state index contributed by atoms with van der Waals surface area (Å²) in [5.74, 6) is 0. The molecule has 2 heterocycles. The number of ether oxygens (including phenoxy) is 4. The van der Waals surface area contributed by atoms with Gasteiger partial charge in [-0.1, -0.05) is 0 Å². The third-order valence-electron chi connectivity index (χ3n) is 2.67. The highest BCUT2D eigenvalue weighted by Crippen LogP contribution is 2.39. The van der Waals surface area contributed by atoms with Gasteiger partial charge in [-0.05, 0) is 0 Å². The highest BCUT2D eigenvalue weighted by Gasteiger charge is 2.61. The van der Waals surface area contributed by atoms with Crippen LogP contribution in [0.25, 0.3) is 0 Å². The first-order valence-electron chi connectivity index (χ1n) is 4.30. The van der Waals surface area contributed by atoms with Gasteiger partial charge in [-0.15, -0.1) is 0 Å². The fourth-order valence-electron chi connectivity index (χ4n) is 2.16. The van der Waals surface area contributed by atoms with E-state index >= 15 is 0 Å². The summed E-state index contributed by atoms with van der Waals surface area (Å²) in [6, 6.07) is 0. The summed E-state index contributed by atoms with van der Waals surface area (Å²) in [5.41, 5.74) is 5.23. The summed E-state index contributed by atoms with van der Waals surface area (Å²) in [4.78, 5) is 0. The Kier molecular flexibility index (Phi) is 2.29. The summed E-state index contributed by atoms with van der Waals surface area (Å²) in [6.07, 6.45) is -0.656. The van der Waals surface area contributed by atoms with Crippen LogP contribution < -0.4 is 5.73 Å². The molecule has 0 aliphatic carbocycles. The Morgan fingerprint density at radius 2 is 2.31 bits per heavy atom. The number of fused-ring (bicyclic) bond motifs is 2. The van der Waals surface area contributed by atoms with Crippen LogP contribution in [0.5, 0.6) is 0 Å². The molecular weight excluding hydrogens is 174 g/mol. The maximum absolute atomic E-state index is 5.72. The van der Waals surface area contributed by atoms with E-state index in [0.29, 0.717) is 13.2 Å². The van der Waals surface area contributed by atoms with Crippen LogP contribution >= 0.6 is 0 Å². The number of hydrogen-bond donors (Lipinski definition) is 1. The standard InChI is InChI=1S/C8H15NO4/c1-10-3-8-4-12-5(6(8)11-2)7(9)13-8/h5-7H,3-4,9H2,1-2H3/t5?,6-,7-,8+/m1/s1. The molecule has 0 aromatic rings. The predicted octanol–water partition coefficient (Wildman–Crippen LogP) is -0.900. The van der Waals surface area contributed by atoms with Gasteiger partial charge in [-0.25, -0.2) is 0 Å². The van der Waals surface area contributed by atoms with Crippen molar-refractivity contribution in [3.8, 4) is 0 Å². The summed E-state index contributed by atoms with van der Waals surface area (Å²) >= 11 is 0. The molecule has 4 atom stereocenters. The Morgan fingerprint density at radius 3 is 2.85 bits per heavy atom. The predicted molar refractivity (Wildman–Crippen MR) is 44.2 cm³/mol. The van der Waals surface area contributed by atoms with E-state index < -0.39 is 11.8 Å². The van der Waals surface area contributed by atoms with E-state index in [4.69, 9.17) is 24.7 Å². The minimum atomic E-state index is -0.492. The number of rotatable bonds is 3. The van der Waals surface area contributed by atoms with Gasteiger partial charge >= 0.3 is 0 Å². The maximum Gasteiger partial charge on any atom is 0.145 e. The number of methoxy groups -OCH3 is 2. The lowest BCUT2D eigenvalue weighted by Gasteiger charge is -2.28. The Hall–Kier alpha value is -0.200. The van der Waals surface area contributed by atoms with Gasteiger partial charge in [0, 0.05) is 14.2 Å². The van der Waals surface area contributed by atoms with Crippen molar-refractivity contribution in [1.29, 1.82) is 0 Å². The van der Waals surface area contributed by atoms with Gasteiger partial charge in [0.2, 0.25) is 0 Å². The third kappa shape index (κ3) is 1.19. The minimum absolute atomic E-state index is 0.109. The van der Waals surface area contributed by atoms with Gasteiger partial charge in [-0.2, -0.15) is 0 Å². The molecule has 13 heavy (non-hydrogen) atoms. The molecule has 0 spiro atoms. The van der Waals surface area contributed by atoms with Crippen molar-refractivity contribution in [2.75, 3.05) is 27.4 Å². The number of hydrogen-bond acceptors (Lipinski definition) is 5. The van der Waals surface area contributed by atoms with Crippen molar-refractivity contribution in [2.45, 2.75) is 24.0 Å². The van der Waals surface area contributed by atoms with Crippen molar-refractivity contribution in [3.63, 3.8) is 0 Å². The first-order valence-corrected chi connectivity index (χ1v) is 4.30. The second-order valence-electron chi connectivity index (χ2n) is 3.51. The molecule has 0 amide bonds. The van der Waals surface area contributed by atoms with E-state index in [9.17, 15) is 0 Å². The Bertz CT molecular complexity index is 201. The molecule has 1 unspecified atom stereocenters. The van der Waals surface area contributed by atoms with Crippen LogP contribution in [0.2, 0.25) is 0 Å². The maximum atomic E-state index is 5.72. The second kappa shape index (κ2) is 3.18. The highest BCUT2D eigenvalue weighted by atomic mass is 16.7. The minimum Gasteiger partial charge on any atom is -0.381 e. The molecule has 0 radical (unpaired) electrons. The molecule has 0 aromatic carbocycles. The quantitative estimate of drug-likeness (QED) is 0.623. The van der Waals surface area contributed by atoms with E-state index in [2.05, 4.69) is 0 Å². The normalized spacial score (nSPS) is 48.7. The third-order valence-corrected chi connectivity index (χ3v) is 2.67. The summed E-state index contributed by atoms with van der Waals surface area (Å²) in [6.45, 7) is 0.952. The zero-order valence-corrected chi connectivity index (χ0v) is 7.86. The molecule has 0 aromatic heterocycles. The van der Waals surface area contributed by atoms with E-state index in [0.717, 1.165) is 0 Å². The fraction of sp³-hybridized carbons (Fsp3) is 1.00. The SMILES string of the molecule is COC[C@@]12COC([C@H](N)O1)[C@H]2OC. The Labute approximate surface area is 77.1 Å². The van der Waals surface area contributed by atoms with Crippen LogP contribution in [0.15, 0.2) is 0 Å². The molecule has 2 N–H and O–H groups in total. The van der Waals surface area contributed by atoms with Crippen molar-refractivity contribution < 1.29 is 18.9 Å². The number of nitrogens with two attached hydrogens (primary N) is 1. The first-order chi connectivity index (χ1) is 6.23. The molecule has 76 valence electrons. The fourth-order valence-corrected chi connectivity index (χ4v) is 2.16. The van der Waals surface area contributed by atoms with Crippen LogP contribution in [0.1, 0.15) is 0 Å². The molecule has 2 fully saturated rings. The van der Waals surface area contributed by atoms with E-state index in [1.165, 1.54) is 0 Å². The summed E-state index contributed by atoms with van der Waals surface area (Å²) in [7, 11) is 3.26. The molecule has 2 bridgehead atoms. The van der Waals surface area contributed by atoms with Crippen molar-refractivity contribution in [1.82, 2.24) is 0 Å². The molecule has 2 aliphatic heterocycles. The van der Waals surface area contributed by atoms with E-state index in [1.54, 1.807) is 14.2 Å². The molecule has 5 nitrogen and oxygen atoms in total. The van der Waals surface area contributed by atoms with Gasteiger partial charge < -0.3 is 24.7 Å². The molecule has 5 heteroatoms. The van der Waals surface area contributed by atoms with Crippen LogP contribution in [0, 0.1) is 0 Å². The largest absolute Gasteiger partial charge is 0.381 e. The summed E-state index contributed by atoms with van der Waals surface area (Å²) in [5, 5.41) is 0. The first kappa shape index (κ1) is 9.36. The monoisotopic (exact) mass is 189 g/mol. The van der Waals surface area contributed by atoms with Gasteiger partial charge in [0.05, 0.1) is 13.2 Å². The lowest BCUT2D eigenvalue weighted by molar-refractivity contribution is -0.164. The van der Waals surface area contributed by atoms with Gasteiger partial charge in [0.25, 0.3) is 0 Å². The molecular formula is C8H15NO4. The van der Waals surface area contributed by atoms with Gasteiger partial charge in [0.15, 0.2) is 0 Å². The van der Waals surface area contributed by atoms with Crippen molar-refractivity contribution >= 4 is 0 Å². The van der Waals surface area contributed by atoms with Gasteiger partial charge in [-0.3, -0.25) is 0 Å². The Morgan fingerprint density at radius 1 is 1.54 bits per heavy atom. The average molecular weight is 189 g/mol. The van der Waals surface area contributed by atoms with Crippen LogP contribution in [-0.4, -0.2) is 51.5 Å². The Balaban J connectivity index is 2.17. The average Bonchev–Trinajstić information content (AvgIpc) is 2.55. The molecule has 2 rings (SSSR count). The van der Waals surface area contributed by atoms with Crippen molar-refractivity contribution in [3.05, 3.63) is 0 Å². The lowest BCUT2D eigenvalue weighted by Crippen LogP contribution is -2.46. The van der Waals surface area contributed by atoms with E-state index in [1.807, 2.05) is 0 Å². The van der Waals surface area contributed by atoms with Crippen molar-refractivity contribution in [2.24, 2.45) is 5.73 Å². The second-order valence-corrected chi connectivity index (χ2v) is 3.51. The zero-order valence-electron chi connectivity index (χ0n) is 7.86. The smallest absolute Gasteiger partial charge is 0.145 e. The zero-order chi connectivity index (χ0) is 9.47. The lowest BCUT2D eigenvalue weighted by atomic mass is 10.0. The summed E-state index contributed by atoms with van der Waals surface area (Å²) < 4.78 is 21.5. The van der Waals surface area contributed by atoms with Gasteiger partial charge in [0.1, 0.15) is 24.0 Å². The molecule has 0 saturated carbocycles. The van der Waals surface area contributed by atoms with Crippen LogP contribution in [-0.2, 0) is 18.9 Å². The molecule has 2 saturated heterocycles. The molecule has 2 aliphatic rings. The van der Waals surface area contributed by atoms with Crippen LogP contribution in [0.3, 0.4) is 0 Å². The topological polar surface area (TPSA) is 62.9 Å². The van der Waals surface area contributed by atoms with Crippen LogP contribution in [0.4, 0.5) is 0 Å². The van der Waals surface area contributed by atoms with E-state index in [-0.39, 0.29) is 12.2 Å². The highest BCUT2D eigenvalue weighted by molar-refractivity contribution is 5.07.